The summed E-state index contributed by atoms with van der Waals surface area (Å²) in [6, 6.07) is 0. The van der Waals surface area contributed by atoms with Crippen LogP contribution >= 0.6 is 0 Å². The third-order valence-corrected chi connectivity index (χ3v) is 2.34. The number of nitrogens with zero attached hydrogens (tertiary/aromatic N) is 1. The van der Waals surface area contributed by atoms with Crippen LogP contribution in [0.2, 0.25) is 0 Å². The Morgan fingerprint density at radius 2 is 1.67 bits per heavy atom. The zero-order valence-corrected chi connectivity index (χ0v) is 8.43. The van der Waals surface area contributed by atoms with Crippen LogP contribution in [-0.2, 0) is 9.59 Å². The van der Waals surface area contributed by atoms with Crippen molar-refractivity contribution < 1.29 is 9.59 Å². The second kappa shape index (κ2) is 3.69. The lowest BCUT2D eigenvalue weighted by molar-refractivity contribution is -0.134. The fourth-order valence-corrected chi connectivity index (χ4v) is 1.63. The Morgan fingerprint density at radius 1 is 1.07 bits per heavy atom. The first-order chi connectivity index (χ1) is 7.18. The smallest absolute Gasteiger partial charge is 0.257 e. The Kier molecular flexibility index (Phi) is 2.37. The molecule has 15 heavy (non-hydrogen) atoms. The molecule has 2 rings (SSSR count). The summed E-state index contributed by atoms with van der Waals surface area (Å²) in [5, 5.41) is 0. The van der Waals surface area contributed by atoms with Gasteiger partial charge in [-0.25, -0.2) is 4.90 Å². The Bertz CT molecular complexity index is 421. The first-order valence-electron chi connectivity index (χ1n) is 4.77. The van der Waals surface area contributed by atoms with Crippen LogP contribution in [0.15, 0.2) is 47.7 Å². The molecule has 0 aromatic carbocycles. The van der Waals surface area contributed by atoms with Crippen molar-refractivity contribution in [3.8, 4) is 0 Å². The summed E-state index contributed by atoms with van der Waals surface area (Å²) >= 11 is 0. The average molecular weight is 201 g/mol. The molecule has 0 aromatic rings. The number of imide groups is 1. The second-order valence-electron chi connectivity index (χ2n) is 3.58. The topological polar surface area (TPSA) is 37.4 Å². The van der Waals surface area contributed by atoms with Crippen LogP contribution in [0.25, 0.3) is 0 Å². The molecular weight excluding hydrogens is 190 g/mol. The van der Waals surface area contributed by atoms with Crippen LogP contribution in [-0.4, -0.2) is 16.7 Å². The molecule has 3 heteroatoms. The molecule has 0 aromatic heterocycles. The van der Waals surface area contributed by atoms with Crippen molar-refractivity contribution in [1.82, 2.24) is 4.90 Å². The summed E-state index contributed by atoms with van der Waals surface area (Å²) in [6.07, 6.45) is 10.8. The van der Waals surface area contributed by atoms with E-state index in [0.29, 0.717) is 6.42 Å². The first-order valence-corrected chi connectivity index (χ1v) is 4.77. The number of hydrogen-bond acceptors (Lipinski definition) is 2. The van der Waals surface area contributed by atoms with Gasteiger partial charge in [-0.15, -0.1) is 0 Å². The van der Waals surface area contributed by atoms with Crippen LogP contribution in [0, 0.1) is 0 Å². The van der Waals surface area contributed by atoms with Gasteiger partial charge in [0.05, 0.1) is 0 Å². The molecule has 1 aliphatic heterocycles. The van der Waals surface area contributed by atoms with E-state index in [1.165, 1.54) is 17.1 Å². The molecule has 0 atom stereocenters. The average Bonchev–Trinajstić information content (AvgIpc) is 2.40. The predicted molar refractivity (Wildman–Crippen MR) is 56.6 cm³/mol. The molecule has 0 unspecified atom stereocenters. The molecule has 0 spiro atoms. The Morgan fingerprint density at radius 3 is 2.33 bits per heavy atom. The van der Waals surface area contributed by atoms with Crippen LogP contribution in [0.5, 0.6) is 0 Å². The van der Waals surface area contributed by atoms with Crippen LogP contribution < -0.4 is 0 Å². The molecule has 1 heterocycles. The monoisotopic (exact) mass is 201 g/mol. The van der Waals surface area contributed by atoms with Gasteiger partial charge in [0, 0.05) is 24.3 Å². The molecule has 0 saturated heterocycles. The molecule has 0 saturated carbocycles. The molecule has 0 fully saturated rings. The molecule has 3 nitrogen and oxygen atoms in total. The van der Waals surface area contributed by atoms with E-state index >= 15 is 0 Å². The van der Waals surface area contributed by atoms with Gasteiger partial charge < -0.3 is 0 Å². The number of amides is 2. The van der Waals surface area contributed by atoms with Crippen molar-refractivity contribution in [2.24, 2.45) is 0 Å². The molecule has 2 amide bonds. The third kappa shape index (κ3) is 1.81. The molecule has 2 aliphatic rings. The van der Waals surface area contributed by atoms with Crippen LogP contribution in [0.1, 0.15) is 13.3 Å². The van der Waals surface area contributed by atoms with Crippen LogP contribution in [0.3, 0.4) is 0 Å². The molecule has 0 N–H and O–H groups in total. The van der Waals surface area contributed by atoms with E-state index in [-0.39, 0.29) is 11.8 Å². The minimum absolute atomic E-state index is 0.255. The standard InChI is InChI=1S/C12H11NO2/c1-9-4-2-3-5-10(8-9)13-11(14)6-7-12(13)15/h2-7H,8H2,1H3. The summed E-state index contributed by atoms with van der Waals surface area (Å²) < 4.78 is 0. The maximum atomic E-state index is 11.4. The van der Waals surface area contributed by atoms with Crippen molar-refractivity contribution in [3.63, 3.8) is 0 Å². The number of carbonyl (C=O) groups excluding carboxylic acids is 2. The fraction of sp³-hybridized carbons (Fsp3) is 0.167. The maximum Gasteiger partial charge on any atom is 0.257 e. The van der Waals surface area contributed by atoms with Gasteiger partial charge in [0.1, 0.15) is 0 Å². The minimum Gasteiger partial charge on any atom is -0.269 e. The van der Waals surface area contributed by atoms with Crippen molar-refractivity contribution in [3.05, 3.63) is 47.7 Å². The summed E-state index contributed by atoms with van der Waals surface area (Å²) in [5.41, 5.74) is 1.86. The predicted octanol–water partition coefficient (Wildman–Crippen LogP) is 1.70. The molecule has 1 aliphatic carbocycles. The zero-order chi connectivity index (χ0) is 10.8. The maximum absolute atomic E-state index is 11.4. The summed E-state index contributed by atoms with van der Waals surface area (Å²) in [4.78, 5) is 24.1. The summed E-state index contributed by atoms with van der Waals surface area (Å²) in [6.45, 7) is 1.97. The van der Waals surface area contributed by atoms with Gasteiger partial charge in [-0.05, 0) is 13.0 Å². The van der Waals surface area contributed by atoms with Gasteiger partial charge >= 0.3 is 0 Å². The normalized spacial score (nSPS) is 20.5. The van der Waals surface area contributed by atoms with Gasteiger partial charge in [0.15, 0.2) is 0 Å². The first kappa shape index (κ1) is 9.65. The molecule has 0 radical (unpaired) electrons. The van der Waals surface area contributed by atoms with E-state index in [0.717, 1.165) is 11.3 Å². The fourth-order valence-electron chi connectivity index (χ4n) is 1.63. The lowest BCUT2D eigenvalue weighted by Crippen LogP contribution is -2.29. The van der Waals surface area contributed by atoms with E-state index in [4.69, 9.17) is 0 Å². The van der Waals surface area contributed by atoms with E-state index < -0.39 is 0 Å². The highest BCUT2D eigenvalue weighted by molar-refractivity contribution is 6.14. The largest absolute Gasteiger partial charge is 0.269 e. The quantitative estimate of drug-likeness (QED) is 0.605. The van der Waals surface area contributed by atoms with Gasteiger partial charge in [-0.3, -0.25) is 9.59 Å². The van der Waals surface area contributed by atoms with Gasteiger partial charge in [0.25, 0.3) is 11.8 Å². The highest BCUT2D eigenvalue weighted by Gasteiger charge is 2.26. The SMILES string of the molecule is CC1=CC=CC=C(N2C(=O)C=CC2=O)C1. The Balaban J connectivity index is 2.29. The highest BCUT2D eigenvalue weighted by atomic mass is 16.2. The summed E-state index contributed by atoms with van der Waals surface area (Å²) in [7, 11) is 0. The zero-order valence-electron chi connectivity index (χ0n) is 8.43. The Hall–Kier alpha value is -1.90. The number of rotatable bonds is 1. The molecule has 0 bridgehead atoms. The van der Waals surface area contributed by atoms with Crippen molar-refractivity contribution >= 4 is 11.8 Å². The van der Waals surface area contributed by atoms with Crippen LogP contribution in [0.4, 0.5) is 0 Å². The van der Waals surface area contributed by atoms with Crippen molar-refractivity contribution in [2.75, 3.05) is 0 Å². The summed E-state index contributed by atoms with van der Waals surface area (Å²) in [5.74, 6) is -0.510. The third-order valence-electron chi connectivity index (χ3n) is 2.34. The number of allylic oxidation sites excluding steroid dienone is 5. The van der Waals surface area contributed by atoms with Gasteiger partial charge in [0.2, 0.25) is 0 Å². The lowest BCUT2D eigenvalue weighted by Gasteiger charge is -2.17. The number of carbonyl (C=O) groups is 2. The van der Waals surface area contributed by atoms with Crippen molar-refractivity contribution in [2.45, 2.75) is 13.3 Å². The molecule has 76 valence electrons. The minimum atomic E-state index is -0.255. The van der Waals surface area contributed by atoms with E-state index in [2.05, 4.69) is 0 Å². The lowest BCUT2D eigenvalue weighted by atomic mass is 10.1. The van der Waals surface area contributed by atoms with E-state index in [1.807, 2.05) is 25.2 Å². The Labute approximate surface area is 88.1 Å². The van der Waals surface area contributed by atoms with Gasteiger partial charge in [-0.2, -0.15) is 0 Å². The van der Waals surface area contributed by atoms with E-state index in [9.17, 15) is 9.59 Å². The second-order valence-corrected chi connectivity index (χ2v) is 3.58. The van der Waals surface area contributed by atoms with Gasteiger partial charge in [-0.1, -0.05) is 23.8 Å². The van der Waals surface area contributed by atoms with Crippen molar-refractivity contribution in [1.29, 1.82) is 0 Å². The van der Waals surface area contributed by atoms with E-state index in [1.54, 1.807) is 6.08 Å². The highest BCUT2D eigenvalue weighted by Crippen LogP contribution is 2.21. The molecular formula is C12H11NO2. The number of hydrogen-bond donors (Lipinski definition) is 0.